The standard InChI is InChI=1S/C20H22N6O2S/c1-12-13(2)21-19-23-20(24-26(19)14(12)3)29-11-17(27)22-15-6-4-7-16(10-15)25-9-5-8-18(25)28/h4,6-7,10H,5,8-9,11H2,1-3H3,(H,22,27). The Labute approximate surface area is 172 Å². The van der Waals surface area contributed by atoms with Crippen LogP contribution >= 0.6 is 11.8 Å². The zero-order valence-corrected chi connectivity index (χ0v) is 17.4. The molecule has 9 heteroatoms. The van der Waals surface area contributed by atoms with E-state index in [0.717, 1.165) is 35.6 Å². The summed E-state index contributed by atoms with van der Waals surface area (Å²) in [5, 5.41) is 7.84. The van der Waals surface area contributed by atoms with Gasteiger partial charge in [-0.25, -0.2) is 9.50 Å². The summed E-state index contributed by atoms with van der Waals surface area (Å²) in [5.74, 6) is 0.685. The molecular formula is C20H22N6O2S. The number of fused-ring (bicyclic) bond motifs is 1. The van der Waals surface area contributed by atoms with E-state index in [4.69, 9.17) is 0 Å². The fraction of sp³-hybridized carbons (Fsp3) is 0.350. The van der Waals surface area contributed by atoms with Gasteiger partial charge in [0.25, 0.3) is 5.78 Å². The third-order valence-electron chi connectivity index (χ3n) is 5.09. The molecule has 1 aliphatic rings. The van der Waals surface area contributed by atoms with Crippen LogP contribution in [0.5, 0.6) is 0 Å². The monoisotopic (exact) mass is 410 g/mol. The molecule has 2 aromatic heterocycles. The Morgan fingerprint density at radius 1 is 1.24 bits per heavy atom. The minimum atomic E-state index is -0.157. The molecular weight excluding hydrogens is 388 g/mol. The topological polar surface area (TPSA) is 92.5 Å². The first-order valence-electron chi connectivity index (χ1n) is 9.46. The van der Waals surface area contributed by atoms with Crippen molar-refractivity contribution in [1.82, 2.24) is 19.6 Å². The van der Waals surface area contributed by atoms with Crippen LogP contribution in [0.3, 0.4) is 0 Å². The third-order valence-corrected chi connectivity index (χ3v) is 5.93. The van der Waals surface area contributed by atoms with Crippen LogP contribution in [-0.2, 0) is 9.59 Å². The number of hydrogen-bond acceptors (Lipinski definition) is 6. The lowest BCUT2D eigenvalue weighted by Crippen LogP contribution is -2.23. The lowest BCUT2D eigenvalue weighted by Gasteiger charge is -2.16. The average molecular weight is 411 g/mol. The molecule has 29 heavy (non-hydrogen) atoms. The Morgan fingerprint density at radius 2 is 2.07 bits per heavy atom. The van der Waals surface area contributed by atoms with Crippen molar-refractivity contribution in [2.24, 2.45) is 0 Å². The summed E-state index contributed by atoms with van der Waals surface area (Å²) >= 11 is 1.26. The average Bonchev–Trinajstić information content (AvgIpc) is 3.31. The van der Waals surface area contributed by atoms with E-state index in [-0.39, 0.29) is 17.6 Å². The number of carbonyl (C=O) groups is 2. The number of nitrogens with zero attached hydrogens (tertiary/aromatic N) is 5. The van der Waals surface area contributed by atoms with Crippen LogP contribution < -0.4 is 10.2 Å². The number of rotatable bonds is 5. The van der Waals surface area contributed by atoms with Gasteiger partial charge in [0, 0.05) is 35.7 Å². The summed E-state index contributed by atoms with van der Waals surface area (Å²) in [7, 11) is 0. The van der Waals surface area contributed by atoms with E-state index in [1.54, 1.807) is 9.42 Å². The number of amides is 2. The lowest BCUT2D eigenvalue weighted by atomic mass is 10.2. The van der Waals surface area contributed by atoms with E-state index < -0.39 is 0 Å². The van der Waals surface area contributed by atoms with Crippen molar-refractivity contribution in [3.05, 3.63) is 41.2 Å². The van der Waals surface area contributed by atoms with E-state index in [1.807, 2.05) is 45.0 Å². The molecule has 3 heterocycles. The number of benzene rings is 1. The van der Waals surface area contributed by atoms with Crippen LogP contribution in [0, 0.1) is 20.8 Å². The van der Waals surface area contributed by atoms with Crippen molar-refractivity contribution < 1.29 is 9.59 Å². The van der Waals surface area contributed by atoms with Gasteiger partial charge in [0.15, 0.2) is 0 Å². The van der Waals surface area contributed by atoms with Crippen LogP contribution in [0.4, 0.5) is 11.4 Å². The van der Waals surface area contributed by atoms with E-state index in [1.165, 1.54) is 11.8 Å². The second-order valence-electron chi connectivity index (χ2n) is 7.05. The number of aromatic nitrogens is 4. The second-order valence-corrected chi connectivity index (χ2v) is 7.99. The highest BCUT2D eigenvalue weighted by Crippen LogP contribution is 2.24. The molecule has 1 saturated heterocycles. The van der Waals surface area contributed by atoms with E-state index in [9.17, 15) is 9.59 Å². The van der Waals surface area contributed by atoms with Gasteiger partial charge in [-0.3, -0.25) is 9.59 Å². The highest BCUT2D eigenvalue weighted by atomic mass is 32.2. The van der Waals surface area contributed by atoms with E-state index in [0.29, 0.717) is 23.0 Å². The zero-order chi connectivity index (χ0) is 20.5. The summed E-state index contributed by atoms with van der Waals surface area (Å²) in [5.41, 5.74) is 4.47. The lowest BCUT2D eigenvalue weighted by molar-refractivity contribution is -0.117. The molecule has 0 saturated carbocycles. The van der Waals surface area contributed by atoms with E-state index >= 15 is 0 Å². The van der Waals surface area contributed by atoms with Gasteiger partial charge in [0.05, 0.1) is 5.75 Å². The van der Waals surface area contributed by atoms with Gasteiger partial charge < -0.3 is 10.2 Å². The van der Waals surface area contributed by atoms with Crippen molar-refractivity contribution in [3.63, 3.8) is 0 Å². The molecule has 3 aromatic rings. The molecule has 1 aromatic carbocycles. The molecule has 0 bridgehead atoms. The zero-order valence-electron chi connectivity index (χ0n) is 16.6. The molecule has 2 amide bonds. The molecule has 0 radical (unpaired) electrons. The molecule has 0 aliphatic carbocycles. The predicted octanol–water partition coefficient (Wildman–Crippen LogP) is 2.91. The Morgan fingerprint density at radius 3 is 2.83 bits per heavy atom. The maximum absolute atomic E-state index is 12.4. The first-order valence-corrected chi connectivity index (χ1v) is 10.4. The summed E-state index contributed by atoms with van der Waals surface area (Å²) in [4.78, 5) is 34.9. The molecule has 0 spiro atoms. The second kappa shape index (κ2) is 7.82. The number of nitrogens with one attached hydrogen (secondary N) is 1. The first kappa shape index (κ1) is 19.4. The molecule has 1 aliphatic heterocycles. The molecule has 0 unspecified atom stereocenters. The van der Waals surface area contributed by atoms with Gasteiger partial charge in [0.2, 0.25) is 17.0 Å². The molecule has 1 fully saturated rings. The largest absolute Gasteiger partial charge is 0.325 e. The number of anilines is 2. The van der Waals surface area contributed by atoms with Crippen molar-refractivity contribution in [2.45, 2.75) is 38.8 Å². The summed E-state index contributed by atoms with van der Waals surface area (Å²) in [6.07, 6.45) is 1.44. The van der Waals surface area contributed by atoms with Crippen molar-refractivity contribution >= 4 is 40.7 Å². The van der Waals surface area contributed by atoms with Crippen LogP contribution in [0.1, 0.15) is 29.8 Å². The smallest absolute Gasteiger partial charge is 0.253 e. The maximum atomic E-state index is 12.4. The highest BCUT2D eigenvalue weighted by Gasteiger charge is 2.22. The molecule has 150 valence electrons. The maximum Gasteiger partial charge on any atom is 0.253 e. The normalized spacial score (nSPS) is 14.0. The molecule has 1 N–H and O–H groups in total. The fourth-order valence-corrected chi connectivity index (χ4v) is 3.92. The van der Waals surface area contributed by atoms with Crippen molar-refractivity contribution in [2.75, 3.05) is 22.5 Å². The minimum Gasteiger partial charge on any atom is -0.325 e. The summed E-state index contributed by atoms with van der Waals surface area (Å²) < 4.78 is 1.71. The molecule has 8 nitrogen and oxygen atoms in total. The number of aryl methyl sites for hydroxylation is 2. The summed E-state index contributed by atoms with van der Waals surface area (Å²) in [6.45, 7) is 6.65. The van der Waals surface area contributed by atoms with Crippen LogP contribution in [-0.4, -0.2) is 43.7 Å². The number of carbonyl (C=O) groups excluding carboxylic acids is 2. The van der Waals surface area contributed by atoms with Crippen LogP contribution in [0.25, 0.3) is 5.78 Å². The SMILES string of the molecule is Cc1nc2nc(SCC(=O)Nc3cccc(N4CCCC4=O)c3)nn2c(C)c1C. The number of thioether (sulfide) groups is 1. The van der Waals surface area contributed by atoms with Gasteiger partial charge in [0.1, 0.15) is 0 Å². The van der Waals surface area contributed by atoms with Crippen LogP contribution in [0.15, 0.2) is 29.4 Å². The van der Waals surface area contributed by atoms with Gasteiger partial charge in [-0.2, -0.15) is 4.98 Å². The van der Waals surface area contributed by atoms with Gasteiger partial charge in [-0.15, -0.1) is 5.10 Å². The Bertz CT molecular complexity index is 1110. The van der Waals surface area contributed by atoms with E-state index in [2.05, 4.69) is 20.4 Å². The van der Waals surface area contributed by atoms with Crippen LogP contribution in [0.2, 0.25) is 0 Å². The van der Waals surface area contributed by atoms with Gasteiger partial charge in [-0.05, 0) is 51.0 Å². The quantitative estimate of drug-likeness (QED) is 0.650. The predicted molar refractivity (Wildman–Crippen MR) is 112 cm³/mol. The summed E-state index contributed by atoms with van der Waals surface area (Å²) in [6, 6.07) is 7.36. The van der Waals surface area contributed by atoms with Gasteiger partial charge >= 0.3 is 0 Å². The Balaban J connectivity index is 1.41. The Hall–Kier alpha value is -2.94. The highest BCUT2D eigenvalue weighted by molar-refractivity contribution is 7.99. The van der Waals surface area contributed by atoms with Crippen molar-refractivity contribution in [3.8, 4) is 0 Å². The number of hydrogen-bond donors (Lipinski definition) is 1. The molecule has 4 rings (SSSR count). The van der Waals surface area contributed by atoms with Gasteiger partial charge in [-0.1, -0.05) is 17.8 Å². The van der Waals surface area contributed by atoms with Crippen molar-refractivity contribution in [1.29, 1.82) is 0 Å². The Kier molecular flexibility index (Phi) is 5.23. The minimum absolute atomic E-state index is 0.122. The fourth-order valence-electron chi connectivity index (χ4n) is 3.30. The molecule has 0 atom stereocenters. The first-order chi connectivity index (χ1) is 13.9. The third kappa shape index (κ3) is 3.95.